The second-order valence-electron chi connectivity index (χ2n) is 7.60. The third-order valence-corrected chi connectivity index (χ3v) is 5.85. The first-order chi connectivity index (χ1) is 16.2. The maximum Gasteiger partial charge on any atom is 0.270 e. The smallest absolute Gasteiger partial charge is 0.270 e. The molecule has 0 bridgehead atoms. The molecule has 33 heavy (non-hydrogen) atoms. The Hall–Kier alpha value is -3.02. The molecule has 0 aliphatic carbocycles. The van der Waals surface area contributed by atoms with Crippen LogP contribution in [-0.4, -0.2) is 66.7 Å². The molecule has 1 aliphatic heterocycles. The van der Waals surface area contributed by atoms with Crippen LogP contribution in [0.3, 0.4) is 0 Å². The van der Waals surface area contributed by atoms with Crippen molar-refractivity contribution in [2.24, 2.45) is 10.2 Å². The Morgan fingerprint density at radius 3 is 2.88 bits per heavy atom. The summed E-state index contributed by atoms with van der Waals surface area (Å²) in [5, 5.41) is 22.0. The number of azo groups is 1. The van der Waals surface area contributed by atoms with Crippen LogP contribution in [0, 0.1) is 6.92 Å². The average molecular weight is 469 g/mol. The van der Waals surface area contributed by atoms with E-state index in [0.29, 0.717) is 45.3 Å². The Labute approximate surface area is 197 Å². The van der Waals surface area contributed by atoms with Crippen LogP contribution in [0.15, 0.2) is 40.6 Å². The van der Waals surface area contributed by atoms with E-state index in [9.17, 15) is 0 Å². The third-order valence-electron chi connectivity index (χ3n) is 4.97. The lowest BCUT2D eigenvalue weighted by Crippen LogP contribution is -2.36. The predicted octanol–water partition coefficient (Wildman–Crippen LogP) is 3.41. The standard InChI is InChI=1S/C22H28N8O2S/c1-16-4-3-5-17(12-16)15-24-28-21-25-18(13-19(26-21)30-7-10-32-11-8-30)14-20-27-29-22(33-20)23-6-9-31-2/h3-5,12-13H,6-11,14-15H2,1-2H3,(H,23,29). The quantitative estimate of drug-likeness (QED) is 0.356. The Morgan fingerprint density at radius 1 is 1.18 bits per heavy atom. The van der Waals surface area contributed by atoms with Crippen LogP contribution < -0.4 is 10.2 Å². The molecule has 1 N–H and O–H groups in total. The number of methoxy groups -OCH3 is 1. The van der Waals surface area contributed by atoms with E-state index in [1.165, 1.54) is 16.9 Å². The number of hydrogen-bond acceptors (Lipinski definition) is 11. The number of benzene rings is 1. The van der Waals surface area contributed by atoms with Crippen LogP contribution in [-0.2, 0) is 22.4 Å². The highest BCUT2D eigenvalue weighted by atomic mass is 32.1. The second-order valence-corrected chi connectivity index (χ2v) is 8.66. The van der Waals surface area contributed by atoms with Gasteiger partial charge in [0.15, 0.2) is 0 Å². The molecule has 2 aromatic heterocycles. The zero-order valence-corrected chi connectivity index (χ0v) is 19.7. The summed E-state index contributed by atoms with van der Waals surface area (Å²) in [5.41, 5.74) is 3.13. The highest BCUT2D eigenvalue weighted by Gasteiger charge is 2.16. The summed E-state index contributed by atoms with van der Waals surface area (Å²) in [4.78, 5) is 11.5. The minimum atomic E-state index is 0.351. The van der Waals surface area contributed by atoms with E-state index in [0.717, 1.165) is 40.3 Å². The summed E-state index contributed by atoms with van der Waals surface area (Å²) >= 11 is 1.50. The molecule has 0 radical (unpaired) electrons. The number of hydrogen-bond donors (Lipinski definition) is 1. The fourth-order valence-electron chi connectivity index (χ4n) is 3.36. The minimum absolute atomic E-state index is 0.351. The van der Waals surface area contributed by atoms with Gasteiger partial charge in [-0.15, -0.1) is 15.3 Å². The molecule has 1 aliphatic rings. The van der Waals surface area contributed by atoms with Gasteiger partial charge in [-0.1, -0.05) is 41.2 Å². The van der Waals surface area contributed by atoms with Crippen molar-refractivity contribution in [2.45, 2.75) is 19.9 Å². The van der Waals surface area contributed by atoms with E-state index >= 15 is 0 Å². The van der Waals surface area contributed by atoms with E-state index < -0.39 is 0 Å². The van der Waals surface area contributed by atoms with Gasteiger partial charge in [0.05, 0.1) is 32.1 Å². The largest absolute Gasteiger partial charge is 0.383 e. The summed E-state index contributed by atoms with van der Waals surface area (Å²) in [6.45, 7) is 6.76. The van der Waals surface area contributed by atoms with Gasteiger partial charge >= 0.3 is 0 Å². The van der Waals surface area contributed by atoms with Gasteiger partial charge in [-0.3, -0.25) is 0 Å². The fourth-order valence-corrected chi connectivity index (χ4v) is 4.14. The molecule has 0 spiro atoms. The van der Waals surface area contributed by atoms with Gasteiger partial charge in [0.2, 0.25) is 5.13 Å². The molecule has 1 aromatic carbocycles. The summed E-state index contributed by atoms with van der Waals surface area (Å²) in [6.07, 6.45) is 0.546. The highest BCUT2D eigenvalue weighted by Crippen LogP contribution is 2.23. The molecule has 0 unspecified atom stereocenters. The first-order valence-electron chi connectivity index (χ1n) is 10.9. The summed E-state index contributed by atoms with van der Waals surface area (Å²) in [7, 11) is 1.67. The van der Waals surface area contributed by atoms with Crippen molar-refractivity contribution < 1.29 is 9.47 Å². The third kappa shape index (κ3) is 6.98. The van der Waals surface area contributed by atoms with Gasteiger partial charge in [-0.25, -0.2) is 4.98 Å². The van der Waals surface area contributed by atoms with Crippen molar-refractivity contribution >= 4 is 28.2 Å². The number of aromatic nitrogens is 4. The molecule has 1 fully saturated rings. The van der Waals surface area contributed by atoms with E-state index in [4.69, 9.17) is 9.47 Å². The van der Waals surface area contributed by atoms with Crippen molar-refractivity contribution in [1.82, 2.24) is 20.2 Å². The van der Waals surface area contributed by atoms with Gasteiger partial charge in [0.1, 0.15) is 10.8 Å². The van der Waals surface area contributed by atoms with Crippen molar-refractivity contribution in [3.05, 3.63) is 52.2 Å². The average Bonchev–Trinajstić information content (AvgIpc) is 3.27. The molecule has 0 amide bonds. The van der Waals surface area contributed by atoms with Crippen LogP contribution in [0.25, 0.3) is 0 Å². The number of anilines is 2. The Morgan fingerprint density at radius 2 is 2.06 bits per heavy atom. The minimum Gasteiger partial charge on any atom is -0.383 e. The van der Waals surface area contributed by atoms with Crippen molar-refractivity contribution in [2.75, 3.05) is 56.8 Å². The maximum atomic E-state index is 5.48. The van der Waals surface area contributed by atoms with E-state index in [1.54, 1.807) is 7.11 Å². The molecule has 0 atom stereocenters. The van der Waals surface area contributed by atoms with Gasteiger partial charge in [0.25, 0.3) is 5.95 Å². The first-order valence-corrected chi connectivity index (χ1v) is 11.7. The molecule has 3 aromatic rings. The number of nitrogens with zero attached hydrogens (tertiary/aromatic N) is 7. The molecule has 10 nitrogen and oxygen atoms in total. The molecular formula is C22H28N8O2S. The molecule has 3 heterocycles. The van der Waals surface area contributed by atoms with Crippen LogP contribution in [0.4, 0.5) is 16.9 Å². The van der Waals surface area contributed by atoms with Crippen LogP contribution in [0.1, 0.15) is 21.8 Å². The van der Waals surface area contributed by atoms with Crippen LogP contribution in [0.5, 0.6) is 0 Å². The van der Waals surface area contributed by atoms with E-state index in [1.807, 2.05) is 18.2 Å². The lowest BCUT2D eigenvalue weighted by atomic mass is 10.1. The molecule has 0 saturated carbocycles. The maximum absolute atomic E-state index is 5.48. The number of nitrogens with one attached hydrogen (secondary N) is 1. The Kier molecular flexibility index (Phi) is 8.23. The van der Waals surface area contributed by atoms with Crippen LogP contribution in [0.2, 0.25) is 0 Å². The topological polar surface area (TPSA) is 110 Å². The lowest BCUT2D eigenvalue weighted by Gasteiger charge is -2.27. The monoisotopic (exact) mass is 468 g/mol. The van der Waals surface area contributed by atoms with Gasteiger partial charge in [0, 0.05) is 39.2 Å². The SMILES string of the molecule is COCCNc1nnc(Cc2cc(N3CCOCC3)nc(N=NCc3cccc(C)c3)n2)s1. The van der Waals surface area contributed by atoms with Crippen LogP contribution >= 0.6 is 11.3 Å². The molecule has 174 valence electrons. The van der Waals surface area contributed by atoms with Gasteiger partial charge in [-0.2, -0.15) is 10.1 Å². The first kappa shape index (κ1) is 23.1. The molecule has 4 rings (SSSR count). The molecule has 11 heteroatoms. The summed E-state index contributed by atoms with van der Waals surface area (Å²) in [6, 6.07) is 10.2. The lowest BCUT2D eigenvalue weighted by molar-refractivity contribution is 0.122. The summed E-state index contributed by atoms with van der Waals surface area (Å²) < 4.78 is 10.5. The van der Waals surface area contributed by atoms with Gasteiger partial charge in [-0.05, 0) is 12.5 Å². The number of rotatable bonds is 10. The second kappa shape index (κ2) is 11.7. The molecular weight excluding hydrogens is 440 g/mol. The molecule has 1 saturated heterocycles. The Bertz CT molecular complexity index is 1070. The number of morpholine rings is 1. The normalized spacial score (nSPS) is 14.2. The zero-order chi connectivity index (χ0) is 22.9. The van der Waals surface area contributed by atoms with Crippen molar-refractivity contribution in [3.8, 4) is 0 Å². The fraction of sp³-hybridized carbons (Fsp3) is 0.455. The number of ether oxygens (including phenoxy) is 2. The van der Waals surface area contributed by atoms with Gasteiger partial charge < -0.3 is 19.7 Å². The summed E-state index contributed by atoms with van der Waals surface area (Å²) in [5.74, 6) is 1.18. The zero-order valence-electron chi connectivity index (χ0n) is 18.9. The van der Waals surface area contributed by atoms with Crippen molar-refractivity contribution in [3.63, 3.8) is 0 Å². The van der Waals surface area contributed by atoms with E-state index in [-0.39, 0.29) is 0 Å². The highest BCUT2D eigenvalue weighted by molar-refractivity contribution is 7.15. The van der Waals surface area contributed by atoms with E-state index in [2.05, 4.69) is 59.7 Å². The number of aryl methyl sites for hydroxylation is 1. The predicted molar refractivity (Wildman–Crippen MR) is 128 cm³/mol. The Balaban J connectivity index is 1.51. The van der Waals surface area contributed by atoms with Crippen molar-refractivity contribution in [1.29, 1.82) is 0 Å².